The highest BCUT2D eigenvalue weighted by atomic mass is 32.1. The smallest absolute Gasteiger partial charge is 0.130 e. The van der Waals surface area contributed by atoms with E-state index < -0.39 is 0 Å². The molecule has 3 heteroatoms. The summed E-state index contributed by atoms with van der Waals surface area (Å²) in [6.07, 6.45) is 6.42. The van der Waals surface area contributed by atoms with Crippen LogP contribution in [0.4, 0.5) is 0 Å². The minimum Gasteiger partial charge on any atom is -0.192 e. The molecule has 1 heterocycles. The molecule has 0 amide bonds. The number of fused-ring (bicyclic) bond motifs is 1. The fourth-order valence-corrected chi connectivity index (χ4v) is 4.39. The van der Waals surface area contributed by atoms with Crippen LogP contribution in [0.15, 0.2) is 54.1 Å². The van der Waals surface area contributed by atoms with E-state index in [1.807, 2.05) is 35.6 Å². The van der Waals surface area contributed by atoms with E-state index in [0.29, 0.717) is 0 Å². The Hall–Kier alpha value is -2.88. The Bertz CT molecular complexity index is 995. The molecule has 3 rings (SSSR count). The third kappa shape index (κ3) is 3.85. The number of benzene rings is 2. The van der Waals surface area contributed by atoms with Crippen molar-refractivity contribution >= 4 is 27.5 Å². The highest BCUT2D eigenvalue weighted by molar-refractivity contribution is 7.19. The zero-order valence-electron chi connectivity index (χ0n) is 14.8. The van der Waals surface area contributed by atoms with Crippen LogP contribution < -0.4 is 0 Å². The lowest BCUT2D eigenvalue weighted by molar-refractivity contribution is 0.723. The van der Waals surface area contributed by atoms with Crippen LogP contribution in [0, 0.1) is 22.7 Å². The van der Waals surface area contributed by atoms with Crippen molar-refractivity contribution in [1.82, 2.24) is 0 Å². The molecule has 3 aromatic rings. The van der Waals surface area contributed by atoms with Crippen molar-refractivity contribution in [3.8, 4) is 23.3 Å². The summed E-state index contributed by atoms with van der Waals surface area (Å²) in [5, 5.41) is 19.1. The van der Waals surface area contributed by atoms with Gasteiger partial charge in [-0.15, -0.1) is 11.3 Å². The van der Waals surface area contributed by atoms with Gasteiger partial charge in [-0.2, -0.15) is 10.5 Å². The van der Waals surface area contributed by atoms with Crippen molar-refractivity contribution in [2.75, 3.05) is 0 Å². The average Bonchev–Trinajstić information content (AvgIpc) is 3.05. The number of rotatable bonds is 6. The van der Waals surface area contributed by atoms with Crippen LogP contribution >= 0.6 is 11.3 Å². The van der Waals surface area contributed by atoms with Gasteiger partial charge in [-0.05, 0) is 36.1 Å². The van der Waals surface area contributed by atoms with Gasteiger partial charge < -0.3 is 0 Å². The van der Waals surface area contributed by atoms with Gasteiger partial charge in [0.2, 0.25) is 0 Å². The Morgan fingerprint density at radius 2 is 1.73 bits per heavy atom. The highest BCUT2D eigenvalue weighted by Gasteiger charge is 2.13. The van der Waals surface area contributed by atoms with E-state index >= 15 is 0 Å². The number of nitriles is 2. The lowest BCUT2D eigenvalue weighted by Gasteiger charge is -2.06. The second-order valence-corrected chi connectivity index (χ2v) is 7.39. The molecule has 0 aliphatic carbocycles. The van der Waals surface area contributed by atoms with E-state index in [1.54, 1.807) is 6.08 Å². The molecule has 0 fully saturated rings. The largest absolute Gasteiger partial charge is 0.192 e. The van der Waals surface area contributed by atoms with Gasteiger partial charge >= 0.3 is 0 Å². The number of thiophene rings is 1. The van der Waals surface area contributed by atoms with Crippen molar-refractivity contribution in [3.63, 3.8) is 0 Å². The van der Waals surface area contributed by atoms with Gasteiger partial charge in [-0.3, -0.25) is 0 Å². The zero-order chi connectivity index (χ0) is 18.4. The molecule has 2 aromatic carbocycles. The third-order valence-electron chi connectivity index (χ3n) is 4.43. The minimum absolute atomic E-state index is 0.124. The molecule has 1 aromatic heterocycles. The van der Waals surface area contributed by atoms with E-state index in [2.05, 4.69) is 43.3 Å². The molecule has 0 saturated carbocycles. The average molecular weight is 356 g/mol. The molecule has 0 atom stereocenters. The van der Waals surface area contributed by atoms with Crippen molar-refractivity contribution in [3.05, 3.63) is 64.5 Å². The molecule has 2 nitrogen and oxygen atoms in total. The summed E-state index contributed by atoms with van der Waals surface area (Å²) < 4.78 is 1.33. The van der Waals surface area contributed by atoms with Crippen LogP contribution in [0.5, 0.6) is 0 Å². The summed E-state index contributed by atoms with van der Waals surface area (Å²) in [5.41, 5.74) is 3.53. The summed E-state index contributed by atoms with van der Waals surface area (Å²) in [5.74, 6) is 0. The number of nitrogens with zero attached hydrogens (tertiary/aromatic N) is 2. The summed E-state index contributed by atoms with van der Waals surface area (Å²) in [6.45, 7) is 2.23. The molecule has 0 bridgehead atoms. The first-order chi connectivity index (χ1) is 12.8. The normalized spacial score (nSPS) is 10.3. The molecule has 26 heavy (non-hydrogen) atoms. The van der Waals surface area contributed by atoms with Crippen LogP contribution in [0.2, 0.25) is 0 Å². The van der Waals surface area contributed by atoms with Gasteiger partial charge in [0.05, 0.1) is 0 Å². The molecule has 0 unspecified atom stereocenters. The fraction of sp³-hybridized carbons (Fsp3) is 0.217. The van der Waals surface area contributed by atoms with Gasteiger partial charge in [-0.25, -0.2) is 0 Å². The molecule has 0 saturated heterocycles. The predicted octanol–water partition coefficient (Wildman–Crippen LogP) is 6.73. The lowest BCUT2D eigenvalue weighted by atomic mass is 9.98. The van der Waals surface area contributed by atoms with Crippen LogP contribution in [-0.2, 0) is 6.42 Å². The van der Waals surface area contributed by atoms with Gasteiger partial charge in [0, 0.05) is 20.5 Å². The van der Waals surface area contributed by atoms with Crippen LogP contribution in [-0.4, -0.2) is 0 Å². The first-order valence-electron chi connectivity index (χ1n) is 8.89. The Kier molecular flexibility index (Phi) is 5.84. The summed E-state index contributed by atoms with van der Waals surface area (Å²) in [4.78, 5) is 1.44. The SMILES string of the molecule is CCCCCc1sc2ccccc2c1-c1ccc(C=C(C#N)C#N)cc1. The number of allylic oxidation sites excluding steroid dienone is 1. The molecule has 0 N–H and O–H groups in total. The summed E-state index contributed by atoms with van der Waals surface area (Å²) in [7, 11) is 0. The molecule has 128 valence electrons. The van der Waals surface area contributed by atoms with E-state index in [9.17, 15) is 0 Å². The third-order valence-corrected chi connectivity index (χ3v) is 5.66. The maximum Gasteiger partial charge on any atom is 0.130 e. The number of hydrogen-bond acceptors (Lipinski definition) is 3. The Morgan fingerprint density at radius 1 is 1.00 bits per heavy atom. The Morgan fingerprint density at radius 3 is 2.42 bits per heavy atom. The summed E-state index contributed by atoms with van der Waals surface area (Å²) >= 11 is 1.89. The first kappa shape index (κ1) is 17.9. The van der Waals surface area contributed by atoms with Crippen LogP contribution in [0.1, 0.15) is 36.6 Å². The van der Waals surface area contributed by atoms with E-state index in [0.717, 1.165) is 12.0 Å². The maximum atomic E-state index is 8.91. The topological polar surface area (TPSA) is 47.6 Å². The quantitative estimate of drug-likeness (QED) is 0.363. The second-order valence-electron chi connectivity index (χ2n) is 6.26. The summed E-state index contributed by atoms with van der Waals surface area (Å²) in [6, 6.07) is 20.5. The molecule has 0 aliphatic rings. The maximum absolute atomic E-state index is 8.91. The van der Waals surface area contributed by atoms with Crippen LogP contribution in [0.3, 0.4) is 0 Å². The number of hydrogen-bond donors (Lipinski definition) is 0. The highest BCUT2D eigenvalue weighted by Crippen LogP contribution is 2.39. The number of unbranched alkanes of at least 4 members (excludes halogenated alkanes) is 2. The van der Waals surface area contributed by atoms with Crippen molar-refractivity contribution in [1.29, 1.82) is 10.5 Å². The van der Waals surface area contributed by atoms with Gasteiger partial charge in [0.1, 0.15) is 17.7 Å². The minimum atomic E-state index is 0.124. The Balaban J connectivity index is 2.01. The predicted molar refractivity (Wildman–Crippen MR) is 110 cm³/mol. The second kappa shape index (κ2) is 8.48. The zero-order valence-corrected chi connectivity index (χ0v) is 15.6. The van der Waals surface area contributed by atoms with Gasteiger partial charge in [-0.1, -0.05) is 62.2 Å². The van der Waals surface area contributed by atoms with Crippen molar-refractivity contribution in [2.45, 2.75) is 32.6 Å². The Labute approximate surface area is 158 Å². The van der Waals surface area contributed by atoms with Crippen LogP contribution in [0.25, 0.3) is 27.3 Å². The van der Waals surface area contributed by atoms with E-state index in [-0.39, 0.29) is 5.57 Å². The van der Waals surface area contributed by atoms with Gasteiger partial charge in [0.25, 0.3) is 0 Å². The fourth-order valence-electron chi connectivity index (χ4n) is 3.13. The first-order valence-corrected chi connectivity index (χ1v) is 9.71. The molecular formula is C23H20N2S. The molecule has 0 radical (unpaired) electrons. The molecule has 0 aliphatic heterocycles. The van der Waals surface area contributed by atoms with E-state index in [4.69, 9.17) is 10.5 Å². The van der Waals surface area contributed by atoms with Crippen molar-refractivity contribution in [2.24, 2.45) is 0 Å². The van der Waals surface area contributed by atoms with E-state index in [1.165, 1.54) is 45.4 Å². The molecule has 0 spiro atoms. The monoisotopic (exact) mass is 356 g/mol. The molecular weight excluding hydrogens is 336 g/mol. The lowest BCUT2D eigenvalue weighted by Crippen LogP contribution is -1.86. The standard InChI is InChI=1S/C23H20N2S/c1-2-3-4-9-22-23(20-7-5-6-8-21(20)26-22)19-12-10-17(11-13-19)14-18(15-24)16-25/h5-8,10-14H,2-4,9H2,1H3. The van der Waals surface area contributed by atoms with Gasteiger partial charge in [0.15, 0.2) is 0 Å². The van der Waals surface area contributed by atoms with Crippen molar-refractivity contribution < 1.29 is 0 Å². The number of aryl methyl sites for hydroxylation is 1.